The number of amides is 2. The summed E-state index contributed by atoms with van der Waals surface area (Å²) in [5.74, 6) is -1.08. The molecule has 1 aromatic carbocycles. The fourth-order valence-corrected chi connectivity index (χ4v) is 2.14. The average molecular weight is 302 g/mol. The van der Waals surface area contributed by atoms with Gasteiger partial charge in [-0.15, -0.1) is 0 Å². The van der Waals surface area contributed by atoms with Crippen molar-refractivity contribution in [1.29, 1.82) is 0 Å². The van der Waals surface area contributed by atoms with E-state index in [0.29, 0.717) is 0 Å². The van der Waals surface area contributed by atoms with Gasteiger partial charge in [-0.05, 0) is 26.0 Å². The summed E-state index contributed by atoms with van der Waals surface area (Å²) in [5.41, 5.74) is 7.22. The largest absolute Gasteiger partial charge is 0.507 e. The van der Waals surface area contributed by atoms with E-state index in [1.807, 2.05) is 20.9 Å². The minimum Gasteiger partial charge on any atom is -0.507 e. The van der Waals surface area contributed by atoms with Crippen LogP contribution in [0.25, 0.3) is 0 Å². The molecule has 0 saturated carbocycles. The van der Waals surface area contributed by atoms with Gasteiger partial charge in [0.15, 0.2) is 0 Å². The van der Waals surface area contributed by atoms with Gasteiger partial charge in [0.2, 0.25) is 5.91 Å². The molecule has 0 fully saturated rings. The summed E-state index contributed by atoms with van der Waals surface area (Å²) in [6, 6.07) is 6.10. The van der Waals surface area contributed by atoms with Crippen molar-refractivity contribution < 1.29 is 14.7 Å². The maximum atomic E-state index is 11.9. The fraction of sp³-hybridized carbons (Fsp3) is 0.267. The molecular weight excluding hydrogens is 284 g/mol. The highest BCUT2D eigenvalue weighted by molar-refractivity contribution is 5.97. The first-order valence-corrected chi connectivity index (χ1v) is 6.76. The maximum Gasteiger partial charge on any atom is 0.273 e. The van der Waals surface area contributed by atoms with Gasteiger partial charge in [-0.3, -0.25) is 25.1 Å². The topological polar surface area (TPSA) is 96.3 Å². The Morgan fingerprint density at radius 1 is 1.23 bits per heavy atom. The van der Waals surface area contributed by atoms with Crippen LogP contribution in [-0.2, 0) is 18.3 Å². The summed E-state index contributed by atoms with van der Waals surface area (Å²) >= 11 is 0. The molecule has 1 aromatic heterocycles. The van der Waals surface area contributed by atoms with Crippen LogP contribution in [0.5, 0.6) is 5.75 Å². The van der Waals surface area contributed by atoms with Crippen LogP contribution < -0.4 is 10.9 Å². The SMILES string of the molecule is Cc1nn(C)c(C)c1CC(=O)NNC(=O)c1ccccc1O. The second kappa shape index (κ2) is 6.30. The Bertz CT molecular complexity index is 722. The first kappa shape index (κ1) is 15.6. The van der Waals surface area contributed by atoms with Crippen molar-refractivity contribution in [2.24, 2.45) is 7.05 Å². The maximum absolute atomic E-state index is 11.9. The Morgan fingerprint density at radius 2 is 1.91 bits per heavy atom. The van der Waals surface area contributed by atoms with Crippen LogP contribution >= 0.6 is 0 Å². The lowest BCUT2D eigenvalue weighted by Crippen LogP contribution is -2.42. The Morgan fingerprint density at radius 3 is 2.50 bits per heavy atom. The van der Waals surface area contributed by atoms with Crippen LogP contribution in [0.1, 0.15) is 27.3 Å². The predicted molar refractivity (Wildman–Crippen MR) is 80.1 cm³/mol. The third kappa shape index (κ3) is 3.25. The van der Waals surface area contributed by atoms with Crippen molar-refractivity contribution in [1.82, 2.24) is 20.6 Å². The number of nitrogens with one attached hydrogen (secondary N) is 2. The van der Waals surface area contributed by atoms with Crippen molar-refractivity contribution in [3.63, 3.8) is 0 Å². The summed E-state index contributed by atoms with van der Waals surface area (Å²) in [6.45, 7) is 3.71. The molecule has 0 aliphatic carbocycles. The first-order valence-electron chi connectivity index (χ1n) is 6.76. The van der Waals surface area contributed by atoms with Crippen molar-refractivity contribution in [3.05, 3.63) is 46.8 Å². The van der Waals surface area contributed by atoms with Crippen LogP contribution in [0.3, 0.4) is 0 Å². The lowest BCUT2D eigenvalue weighted by atomic mass is 10.1. The number of rotatable bonds is 3. The number of carbonyl (C=O) groups is 2. The zero-order valence-electron chi connectivity index (χ0n) is 12.7. The van der Waals surface area contributed by atoms with Crippen molar-refractivity contribution in [2.45, 2.75) is 20.3 Å². The third-order valence-electron chi connectivity index (χ3n) is 3.46. The molecule has 3 N–H and O–H groups in total. The summed E-state index contributed by atoms with van der Waals surface area (Å²) in [7, 11) is 1.81. The molecule has 2 rings (SSSR count). The van der Waals surface area contributed by atoms with E-state index in [1.165, 1.54) is 12.1 Å². The number of phenols is 1. The van der Waals surface area contributed by atoms with Gasteiger partial charge in [0, 0.05) is 18.3 Å². The molecule has 116 valence electrons. The number of aromatic nitrogens is 2. The minimum absolute atomic E-state index is 0.0940. The molecule has 0 atom stereocenters. The lowest BCUT2D eigenvalue weighted by molar-refractivity contribution is -0.121. The average Bonchev–Trinajstić information content (AvgIpc) is 2.72. The normalized spacial score (nSPS) is 10.3. The van der Waals surface area contributed by atoms with Crippen LogP contribution in [0.15, 0.2) is 24.3 Å². The molecular formula is C15H18N4O3. The number of hydrogen-bond donors (Lipinski definition) is 3. The van der Waals surface area contributed by atoms with E-state index >= 15 is 0 Å². The smallest absolute Gasteiger partial charge is 0.273 e. The minimum atomic E-state index is -0.578. The van der Waals surface area contributed by atoms with E-state index in [1.54, 1.807) is 16.8 Å². The summed E-state index contributed by atoms with van der Waals surface area (Å²) in [6.07, 6.45) is 0.118. The predicted octanol–water partition coefficient (Wildman–Crippen LogP) is 0.746. The van der Waals surface area contributed by atoms with E-state index < -0.39 is 5.91 Å². The van der Waals surface area contributed by atoms with Gasteiger partial charge in [0.1, 0.15) is 5.75 Å². The van der Waals surface area contributed by atoms with Crippen LogP contribution in [-0.4, -0.2) is 26.7 Å². The highest BCUT2D eigenvalue weighted by atomic mass is 16.3. The molecule has 0 aliphatic heterocycles. The van der Waals surface area contributed by atoms with Gasteiger partial charge in [0.25, 0.3) is 5.91 Å². The van der Waals surface area contributed by atoms with Gasteiger partial charge < -0.3 is 5.11 Å². The van der Waals surface area contributed by atoms with Crippen LogP contribution in [0.2, 0.25) is 0 Å². The number of nitrogens with zero attached hydrogens (tertiary/aromatic N) is 2. The van der Waals surface area contributed by atoms with Gasteiger partial charge in [-0.25, -0.2) is 0 Å². The van der Waals surface area contributed by atoms with Crippen LogP contribution in [0.4, 0.5) is 0 Å². The molecule has 7 heteroatoms. The zero-order valence-corrected chi connectivity index (χ0v) is 12.7. The monoisotopic (exact) mass is 302 g/mol. The van der Waals surface area contributed by atoms with Crippen LogP contribution in [0, 0.1) is 13.8 Å². The van der Waals surface area contributed by atoms with Crippen molar-refractivity contribution >= 4 is 11.8 Å². The zero-order chi connectivity index (χ0) is 16.3. The Balaban J connectivity index is 1.96. The molecule has 1 heterocycles. The Kier molecular flexibility index (Phi) is 4.45. The molecule has 0 aliphatic rings. The molecule has 0 spiro atoms. The number of aromatic hydroxyl groups is 1. The Hall–Kier alpha value is -2.83. The molecule has 0 unspecified atom stereocenters. The quantitative estimate of drug-likeness (QED) is 0.729. The number of phenolic OH excluding ortho intramolecular Hbond substituents is 1. The van der Waals surface area contributed by atoms with E-state index in [9.17, 15) is 14.7 Å². The van der Waals surface area contributed by atoms with E-state index in [-0.39, 0.29) is 23.6 Å². The molecule has 22 heavy (non-hydrogen) atoms. The highest BCUT2D eigenvalue weighted by Gasteiger charge is 2.15. The number of hydrogen-bond acceptors (Lipinski definition) is 4. The third-order valence-corrected chi connectivity index (χ3v) is 3.46. The molecule has 0 radical (unpaired) electrons. The lowest BCUT2D eigenvalue weighted by Gasteiger charge is -2.08. The van der Waals surface area contributed by atoms with Gasteiger partial charge in [0.05, 0.1) is 17.7 Å². The number of benzene rings is 1. The van der Waals surface area contributed by atoms with E-state index in [4.69, 9.17) is 0 Å². The van der Waals surface area contributed by atoms with Gasteiger partial charge in [-0.1, -0.05) is 12.1 Å². The number of para-hydroxylation sites is 1. The van der Waals surface area contributed by atoms with Gasteiger partial charge in [-0.2, -0.15) is 5.10 Å². The summed E-state index contributed by atoms with van der Waals surface area (Å²) < 4.78 is 1.71. The number of aryl methyl sites for hydroxylation is 2. The fourth-order valence-electron chi connectivity index (χ4n) is 2.14. The standard InChI is InChI=1S/C15H18N4O3/c1-9-12(10(2)19(3)18-9)8-14(21)16-17-15(22)11-6-4-5-7-13(11)20/h4-7,20H,8H2,1-3H3,(H,16,21)(H,17,22). The molecule has 0 bridgehead atoms. The Labute approximate surface area is 127 Å². The second-order valence-electron chi connectivity index (χ2n) is 4.97. The molecule has 2 aromatic rings. The molecule has 0 saturated heterocycles. The highest BCUT2D eigenvalue weighted by Crippen LogP contribution is 2.15. The molecule has 7 nitrogen and oxygen atoms in total. The molecule has 2 amide bonds. The van der Waals surface area contributed by atoms with Gasteiger partial charge >= 0.3 is 0 Å². The van der Waals surface area contributed by atoms with Crippen molar-refractivity contribution in [3.8, 4) is 5.75 Å². The van der Waals surface area contributed by atoms with Crippen molar-refractivity contribution in [2.75, 3.05) is 0 Å². The van der Waals surface area contributed by atoms with E-state index in [0.717, 1.165) is 17.0 Å². The van der Waals surface area contributed by atoms with E-state index in [2.05, 4.69) is 16.0 Å². The number of carbonyl (C=O) groups excluding carboxylic acids is 2. The first-order chi connectivity index (χ1) is 10.4. The number of hydrazine groups is 1. The summed E-state index contributed by atoms with van der Waals surface area (Å²) in [4.78, 5) is 23.8. The second-order valence-corrected chi connectivity index (χ2v) is 4.97. The summed E-state index contributed by atoms with van der Waals surface area (Å²) in [5, 5.41) is 13.8.